The average molecular weight is 399 g/mol. The Morgan fingerprint density at radius 1 is 1.15 bits per heavy atom. The molecule has 0 atom stereocenters. The molecule has 0 unspecified atom stereocenters. The molecule has 106 valence electrons. The van der Waals surface area contributed by atoms with Crippen LogP contribution in [0.15, 0.2) is 27.1 Å². The molecule has 0 spiro atoms. The van der Waals surface area contributed by atoms with Gasteiger partial charge in [-0.25, -0.2) is 9.97 Å². The molecule has 1 aromatic carbocycles. The molecule has 0 aliphatic heterocycles. The second-order valence-corrected chi connectivity index (χ2v) is 6.63. The van der Waals surface area contributed by atoms with Crippen molar-refractivity contribution in [1.29, 1.82) is 0 Å². The minimum absolute atomic E-state index is 0.322. The van der Waals surface area contributed by atoms with E-state index >= 15 is 0 Å². The quantitative estimate of drug-likeness (QED) is 0.777. The molecule has 20 heavy (non-hydrogen) atoms. The Kier molecular flexibility index (Phi) is 4.81. The number of benzene rings is 1. The molecular weight excluding hydrogens is 382 g/mol. The highest BCUT2D eigenvalue weighted by Gasteiger charge is 2.16. The Balaban J connectivity index is 2.65. The summed E-state index contributed by atoms with van der Waals surface area (Å²) >= 11 is 7.18. The van der Waals surface area contributed by atoms with Crippen molar-refractivity contribution in [2.24, 2.45) is 0 Å². The number of aryl methyl sites for hydroxylation is 1. The van der Waals surface area contributed by atoms with Crippen LogP contribution in [0, 0.1) is 6.92 Å². The van der Waals surface area contributed by atoms with Gasteiger partial charge in [0.25, 0.3) is 0 Å². The summed E-state index contributed by atoms with van der Waals surface area (Å²) in [7, 11) is 1.87. The summed E-state index contributed by atoms with van der Waals surface area (Å²) < 4.78 is 1.94. The average Bonchev–Trinajstić information content (AvgIpc) is 2.39. The third kappa shape index (κ3) is 3.04. The van der Waals surface area contributed by atoms with Crippen LogP contribution >= 0.6 is 31.9 Å². The number of nitrogens with one attached hydrogen (secondary N) is 1. The van der Waals surface area contributed by atoms with E-state index in [0.717, 1.165) is 31.8 Å². The van der Waals surface area contributed by atoms with Gasteiger partial charge in [0.05, 0.1) is 10.2 Å². The lowest BCUT2D eigenvalue weighted by atomic mass is 10.1. The van der Waals surface area contributed by atoms with E-state index in [1.54, 1.807) is 0 Å². The third-order valence-corrected chi connectivity index (χ3v) is 4.46. The Labute approximate surface area is 136 Å². The van der Waals surface area contributed by atoms with Crippen LogP contribution in [-0.2, 0) is 0 Å². The summed E-state index contributed by atoms with van der Waals surface area (Å²) in [5, 5.41) is 3.12. The fourth-order valence-corrected chi connectivity index (χ4v) is 3.44. The first-order valence-electron chi connectivity index (χ1n) is 6.45. The van der Waals surface area contributed by atoms with Crippen LogP contribution in [-0.4, -0.2) is 17.0 Å². The van der Waals surface area contributed by atoms with E-state index < -0.39 is 0 Å². The smallest absolute Gasteiger partial charge is 0.162 e. The van der Waals surface area contributed by atoms with E-state index in [4.69, 9.17) is 4.98 Å². The van der Waals surface area contributed by atoms with Gasteiger partial charge in [-0.2, -0.15) is 0 Å². The maximum atomic E-state index is 4.71. The van der Waals surface area contributed by atoms with Crippen molar-refractivity contribution in [3.63, 3.8) is 0 Å². The molecule has 0 amide bonds. The fourth-order valence-electron chi connectivity index (χ4n) is 1.93. The topological polar surface area (TPSA) is 37.8 Å². The van der Waals surface area contributed by atoms with E-state index in [9.17, 15) is 0 Å². The minimum Gasteiger partial charge on any atom is -0.372 e. The van der Waals surface area contributed by atoms with Gasteiger partial charge in [0.1, 0.15) is 5.82 Å². The highest BCUT2D eigenvalue weighted by Crippen LogP contribution is 2.33. The lowest BCUT2D eigenvalue weighted by molar-refractivity contribution is 0.810. The largest absolute Gasteiger partial charge is 0.372 e. The maximum Gasteiger partial charge on any atom is 0.162 e. The van der Waals surface area contributed by atoms with Crippen molar-refractivity contribution in [2.75, 3.05) is 12.4 Å². The first-order valence-corrected chi connectivity index (χ1v) is 8.04. The Morgan fingerprint density at radius 3 is 2.40 bits per heavy atom. The predicted octanol–water partition coefficient (Wildman–Crippen LogP) is 5.14. The number of hydrogen-bond donors (Lipinski definition) is 1. The molecule has 2 rings (SSSR count). The van der Waals surface area contributed by atoms with E-state index in [0.29, 0.717) is 5.92 Å². The molecule has 0 bridgehead atoms. The molecule has 0 saturated heterocycles. The van der Waals surface area contributed by atoms with Crippen LogP contribution in [0.3, 0.4) is 0 Å². The number of nitrogens with zero attached hydrogens (tertiary/aromatic N) is 2. The van der Waals surface area contributed by atoms with Crippen LogP contribution < -0.4 is 5.32 Å². The molecule has 1 N–H and O–H groups in total. The lowest BCUT2D eigenvalue weighted by Gasteiger charge is -2.14. The van der Waals surface area contributed by atoms with E-state index in [2.05, 4.69) is 75.1 Å². The van der Waals surface area contributed by atoms with Crippen molar-refractivity contribution in [3.8, 4) is 11.4 Å². The predicted molar refractivity (Wildman–Crippen MR) is 91.2 cm³/mol. The Morgan fingerprint density at radius 2 is 1.85 bits per heavy atom. The van der Waals surface area contributed by atoms with E-state index in [1.807, 2.05) is 13.1 Å². The van der Waals surface area contributed by atoms with Crippen molar-refractivity contribution in [1.82, 2.24) is 9.97 Å². The monoisotopic (exact) mass is 397 g/mol. The molecule has 0 aliphatic rings. The molecule has 5 heteroatoms. The van der Waals surface area contributed by atoms with Gasteiger partial charge in [-0.15, -0.1) is 0 Å². The van der Waals surface area contributed by atoms with E-state index in [-0.39, 0.29) is 0 Å². The molecule has 2 aromatic rings. The van der Waals surface area contributed by atoms with Crippen molar-refractivity contribution in [2.45, 2.75) is 26.7 Å². The molecular formula is C15H17Br2N3. The summed E-state index contributed by atoms with van der Waals surface area (Å²) in [4.78, 5) is 9.31. The van der Waals surface area contributed by atoms with Gasteiger partial charge in [-0.05, 0) is 46.5 Å². The second kappa shape index (κ2) is 6.22. The van der Waals surface area contributed by atoms with Crippen LogP contribution in [0.2, 0.25) is 0 Å². The van der Waals surface area contributed by atoms with Gasteiger partial charge in [0, 0.05) is 17.1 Å². The Hall–Kier alpha value is -0.940. The normalized spacial score (nSPS) is 10.9. The summed E-state index contributed by atoms with van der Waals surface area (Å²) in [5.74, 6) is 1.86. The minimum atomic E-state index is 0.322. The third-order valence-electron chi connectivity index (χ3n) is 3.03. The SMILES string of the molecule is CNc1nc(-c2ccc(C)cc2Br)nc(C(C)C)c1Br. The zero-order valence-electron chi connectivity index (χ0n) is 12.0. The Bertz CT molecular complexity index is 639. The van der Waals surface area contributed by atoms with Crippen LogP contribution in [0.5, 0.6) is 0 Å². The lowest BCUT2D eigenvalue weighted by Crippen LogP contribution is -2.05. The number of rotatable bonds is 3. The van der Waals surface area contributed by atoms with Gasteiger partial charge >= 0.3 is 0 Å². The van der Waals surface area contributed by atoms with Gasteiger partial charge in [0.2, 0.25) is 0 Å². The summed E-state index contributed by atoms with van der Waals surface area (Å²) in [5.41, 5.74) is 3.21. The van der Waals surface area contributed by atoms with Gasteiger partial charge in [-0.1, -0.05) is 35.8 Å². The second-order valence-electron chi connectivity index (χ2n) is 4.98. The number of halogens is 2. The van der Waals surface area contributed by atoms with Crippen molar-refractivity contribution >= 4 is 37.7 Å². The fraction of sp³-hybridized carbons (Fsp3) is 0.333. The standard InChI is InChI=1S/C15H17Br2N3/c1-8(2)13-12(17)15(18-4)20-14(19-13)10-6-5-9(3)7-11(10)16/h5-8H,1-4H3,(H,18,19,20). The molecule has 3 nitrogen and oxygen atoms in total. The van der Waals surface area contributed by atoms with Gasteiger partial charge < -0.3 is 5.32 Å². The van der Waals surface area contributed by atoms with Crippen molar-refractivity contribution < 1.29 is 0 Å². The van der Waals surface area contributed by atoms with Crippen LogP contribution in [0.1, 0.15) is 31.0 Å². The summed E-state index contributed by atoms with van der Waals surface area (Å²) in [6.07, 6.45) is 0. The molecule has 0 radical (unpaired) electrons. The maximum absolute atomic E-state index is 4.71. The van der Waals surface area contributed by atoms with Crippen LogP contribution in [0.25, 0.3) is 11.4 Å². The molecule has 1 heterocycles. The van der Waals surface area contributed by atoms with Crippen LogP contribution in [0.4, 0.5) is 5.82 Å². The zero-order valence-corrected chi connectivity index (χ0v) is 15.1. The molecule has 0 saturated carbocycles. The summed E-state index contributed by atoms with van der Waals surface area (Å²) in [6, 6.07) is 6.20. The van der Waals surface area contributed by atoms with Crippen molar-refractivity contribution in [3.05, 3.63) is 38.4 Å². The van der Waals surface area contributed by atoms with E-state index in [1.165, 1.54) is 5.56 Å². The summed E-state index contributed by atoms with van der Waals surface area (Å²) in [6.45, 7) is 6.32. The number of hydrogen-bond acceptors (Lipinski definition) is 3. The first-order chi connectivity index (χ1) is 9.43. The number of anilines is 1. The molecule has 1 aromatic heterocycles. The zero-order chi connectivity index (χ0) is 14.9. The highest BCUT2D eigenvalue weighted by atomic mass is 79.9. The highest BCUT2D eigenvalue weighted by molar-refractivity contribution is 9.11. The van der Waals surface area contributed by atoms with Gasteiger partial charge in [-0.3, -0.25) is 0 Å². The first kappa shape index (κ1) is 15.4. The molecule has 0 fully saturated rings. The van der Waals surface area contributed by atoms with Gasteiger partial charge in [0.15, 0.2) is 5.82 Å². The number of aromatic nitrogens is 2. The molecule has 0 aliphatic carbocycles.